The third-order valence-electron chi connectivity index (χ3n) is 5.40. The lowest BCUT2D eigenvalue weighted by molar-refractivity contribution is -0.121. The number of carbonyl (C=O) groups is 2. The molecule has 2 heterocycles. The van der Waals surface area contributed by atoms with Crippen LogP contribution in [0.4, 0.5) is 0 Å². The Bertz CT molecular complexity index is 857. The highest BCUT2D eigenvalue weighted by Gasteiger charge is 2.23. The van der Waals surface area contributed by atoms with E-state index in [9.17, 15) is 9.59 Å². The average Bonchev–Trinajstić information content (AvgIpc) is 3.11. The first kappa shape index (κ1) is 22.5. The van der Waals surface area contributed by atoms with Crippen molar-refractivity contribution in [1.82, 2.24) is 10.2 Å². The predicted molar refractivity (Wildman–Crippen MR) is 118 cm³/mol. The fourth-order valence-electron chi connectivity index (χ4n) is 3.74. The molecule has 6 nitrogen and oxygen atoms in total. The highest BCUT2D eigenvalue weighted by Crippen LogP contribution is 2.24. The number of amides is 1. The maximum absolute atomic E-state index is 12.5. The lowest BCUT2D eigenvalue weighted by Gasteiger charge is -2.35. The molecule has 1 saturated heterocycles. The number of hydrogen-bond donors (Lipinski definition) is 1. The Balaban J connectivity index is 1.57. The van der Waals surface area contributed by atoms with Crippen molar-refractivity contribution >= 4 is 23.0 Å². The van der Waals surface area contributed by atoms with Gasteiger partial charge < -0.3 is 14.8 Å². The highest BCUT2D eigenvalue weighted by molar-refractivity contribution is 7.12. The van der Waals surface area contributed by atoms with Crippen LogP contribution < -0.4 is 10.1 Å². The summed E-state index contributed by atoms with van der Waals surface area (Å²) in [5.41, 5.74) is 1.87. The van der Waals surface area contributed by atoms with Gasteiger partial charge in [0.25, 0.3) is 0 Å². The largest absolute Gasteiger partial charge is 0.497 e. The summed E-state index contributed by atoms with van der Waals surface area (Å²) in [6, 6.07) is 9.93. The van der Waals surface area contributed by atoms with Crippen LogP contribution in [0.5, 0.6) is 5.75 Å². The van der Waals surface area contributed by atoms with Gasteiger partial charge in [0.2, 0.25) is 5.91 Å². The molecule has 0 unspecified atom stereocenters. The zero-order valence-corrected chi connectivity index (χ0v) is 18.7. The Labute approximate surface area is 182 Å². The second-order valence-electron chi connectivity index (χ2n) is 7.49. The maximum atomic E-state index is 12.5. The summed E-state index contributed by atoms with van der Waals surface area (Å²) < 4.78 is 10.7. The van der Waals surface area contributed by atoms with Gasteiger partial charge in [0.15, 0.2) is 5.78 Å². The van der Waals surface area contributed by atoms with Crippen molar-refractivity contribution in [3.8, 4) is 5.75 Å². The molecule has 1 aliphatic heterocycles. The summed E-state index contributed by atoms with van der Waals surface area (Å²) in [4.78, 5) is 29.4. The van der Waals surface area contributed by atoms with Crippen molar-refractivity contribution in [2.45, 2.75) is 32.7 Å². The molecule has 162 valence electrons. The van der Waals surface area contributed by atoms with Crippen LogP contribution in [0.3, 0.4) is 0 Å². The third-order valence-corrected chi connectivity index (χ3v) is 6.37. The Kier molecular flexibility index (Phi) is 8.01. The molecule has 1 aromatic heterocycles. The van der Waals surface area contributed by atoms with Gasteiger partial charge >= 0.3 is 0 Å². The zero-order valence-electron chi connectivity index (χ0n) is 17.9. The monoisotopic (exact) mass is 430 g/mol. The minimum Gasteiger partial charge on any atom is -0.497 e. The Hall–Kier alpha value is -2.22. The zero-order chi connectivity index (χ0) is 21.5. The molecule has 0 bridgehead atoms. The van der Waals surface area contributed by atoms with Gasteiger partial charge in [-0.25, -0.2) is 0 Å². The minimum absolute atomic E-state index is 0.0342. The molecular weight excluding hydrogens is 400 g/mol. The fourth-order valence-corrected chi connectivity index (χ4v) is 4.68. The van der Waals surface area contributed by atoms with E-state index in [-0.39, 0.29) is 30.6 Å². The van der Waals surface area contributed by atoms with Gasteiger partial charge in [0, 0.05) is 47.8 Å². The first-order chi connectivity index (χ1) is 14.5. The van der Waals surface area contributed by atoms with Gasteiger partial charge in [-0.15, -0.1) is 11.3 Å². The molecule has 1 aromatic carbocycles. The number of ketones is 1. The molecule has 0 saturated carbocycles. The molecule has 0 spiro atoms. The molecular formula is C23H30N2O4S. The topological polar surface area (TPSA) is 67.9 Å². The smallest absolute Gasteiger partial charge is 0.220 e. The molecule has 1 fully saturated rings. The summed E-state index contributed by atoms with van der Waals surface area (Å²) in [6.45, 7) is 7.46. The molecule has 1 amide bonds. The van der Waals surface area contributed by atoms with Gasteiger partial charge in [-0.05, 0) is 37.6 Å². The van der Waals surface area contributed by atoms with Crippen molar-refractivity contribution in [2.24, 2.45) is 0 Å². The van der Waals surface area contributed by atoms with E-state index in [4.69, 9.17) is 9.47 Å². The van der Waals surface area contributed by atoms with E-state index in [1.807, 2.05) is 44.2 Å². The Morgan fingerprint density at radius 3 is 2.47 bits per heavy atom. The molecule has 0 radical (unpaired) electrons. The summed E-state index contributed by atoms with van der Waals surface area (Å²) >= 11 is 1.62. The van der Waals surface area contributed by atoms with E-state index in [1.165, 1.54) is 0 Å². The number of Topliss-reactive ketones (excluding diaryl/α,β-unsaturated/α-hetero) is 1. The van der Waals surface area contributed by atoms with Crippen molar-refractivity contribution in [1.29, 1.82) is 0 Å². The van der Waals surface area contributed by atoms with E-state index in [0.717, 1.165) is 39.7 Å². The van der Waals surface area contributed by atoms with Gasteiger partial charge in [-0.2, -0.15) is 0 Å². The van der Waals surface area contributed by atoms with Crippen molar-refractivity contribution < 1.29 is 19.1 Å². The van der Waals surface area contributed by atoms with E-state index in [1.54, 1.807) is 18.4 Å². The quantitative estimate of drug-likeness (QED) is 0.617. The Morgan fingerprint density at radius 2 is 1.87 bits per heavy atom. The molecule has 7 heteroatoms. The highest BCUT2D eigenvalue weighted by atomic mass is 32.1. The first-order valence-corrected chi connectivity index (χ1v) is 11.1. The summed E-state index contributed by atoms with van der Waals surface area (Å²) in [6.07, 6.45) is 0.430. The van der Waals surface area contributed by atoms with E-state index in [0.29, 0.717) is 19.8 Å². The van der Waals surface area contributed by atoms with Gasteiger partial charge in [-0.1, -0.05) is 12.1 Å². The molecule has 3 rings (SSSR count). The number of rotatable bonds is 9. The summed E-state index contributed by atoms with van der Waals surface area (Å²) in [5.74, 6) is 0.743. The van der Waals surface area contributed by atoms with Crippen molar-refractivity contribution in [3.63, 3.8) is 0 Å². The number of ether oxygens (including phenoxy) is 2. The Morgan fingerprint density at radius 1 is 1.17 bits per heavy atom. The predicted octanol–water partition coefficient (Wildman–Crippen LogP) is 3.53. The molecule has 1 aliphatic rings. The van der Waals surface area contributed by atoms with Crippen LogP contribution in [0.15, 0.2) is 30.3 Å². The van der Waals surface area contributed by atoms with Crippen molar-refractivity contribution in [2.75, 3.05) is 40.0 Å². The fraction of sp³-hybridized carbons (Fsp3) is 0.478. The normalized spacial score (nSPS) is 15.6. The van der Waals surface area contributed by atoms with E-state index < -0.39 is 0 Å². The molecule has 30 heavy (non-hydrogen) atoms. The SMILES string of the molecule is COc1ccc([C@H](CNC(=O)CCC(=O)c2cc(C)sc2C)N2CCOCC2)cc1. The number of carbonyl (C=O) groups excluding carboxylic acids is 2. The number of nitrogens with one attached hydrogen (secondary N) is 1. The first-order valence-electron chi connectivity index (χ1n) is 10.3. The van der Waals surface area contributed by atoms with Crippen LogP contribution in [0.2, 0.25) is 0 Å². The molecule has 1 atom stereocenters. The third kappa shape index (κ3) is 5.90. The minimum atomic E-state index is -0.0975. The molecule has 0 aliphatic carbocycles. The van der Waals surface area contributed by atoms with Gasteiger partial charge in [0.05, 0.1) is 26.4 Å². The number of morpholine rings is 1. The molecule has 2 aromatic rings. The molecule has 1 N–H and O–H groups in total. The van der Waals surface area contributed by atoms with Crippen LogP contribution in [-0.2, 0) is 9.53 Å². The van der Waals surface area contributed by atoms with E-state index in [2.05, 4.69) is 10.2 Å². The second-order valence-corrected chi connectivity index (χ2v) is 8.95. The van der Waals surface area contributed by atoms with Crippen LogP contribution in [0, 0.1) is 13.8 Å². The van der Waals surface area contributed by atoms with E-state index >= 15 is 0 Å². The van der Waals surface area contributed by atoms with Crippen LogP contribution in [0.25, 0.3) is 0 Å². The summed E-state index contributed by atoms with van der Waals surface area (Å²) in [7, 11) is 1.65. The number of aryl methyl sites for hydroxylation is 2. The number of methoxy groups -OCH3 is 1. The summed E-state index contributed by atoms with van der Waals surface area (Å²) in [5, 5.41) is 3.03. The standard InChI is InChI=1S/C23H30N2O4S/c1-16-14-20(17(2)30-16)22(26)8-9-23(27)24-15-21(25-10-12-29-13-11-25)18-4-6-19(28-3)7-5-18/h4-7,14,21H,8-13,15H2,1-3H3,(H,24,27)/t21-/m0/s1. The second kappa shape index (κ2) is 10.7. The van der Waals surface area contributed by atoms with Gasteiger partial charge in [-0.3, -0.25) is 14.5 Å². The lowest BCUT2D eigenvalue weighted by Crippen LogP contribution is -2.43. The van der Waals surface area contributed by atoms with Crippen LogP contribution >= 0.6 is 11.3 Å². The number of benzene rings is 1. The van der Waals surface area contributed by atoms with Gasteiger partial charge in [0.1, 0.15) is 5.75 Å². The lowest BCUT2D eigenvalue weighted by atomic mass is 10.0. The van der Waals surface area contributed by atoms with Crippen LogP contribution in [-0.4, -0.2) is 56.5 Å². The number of hydrogen-bond acceptors (Lipinski definition) is 6. The van der Waals surface area contributed by atoms with Crippen LogP contribution in [0.1, 0.15) is 44.6 Å². The number of nitrogens with zero attached hydrogens (tertiary/aromatic N) is 1. The maximum Gasteiger partial charge on any atom is 0.220 e. The average molecular weight is 431 g/mol. The number of thiophene rings is 1. The van der Waals surface area contributed by atoms with Crippen molar-refractivity contribution in [3.05, 3.63) is 51.2 Å².